The number of hydrogen-bond donors (Lipinski definition) is 1. The van der Waals surface area contributed by atoms with Crippen molar-refractivity contribution in [1.29, 1.82) is 0 Å². The molecule has 25 heavy (non-hydrogen) atoms. The molecule has 0 atom stereocenters. The molecule has 0 saturated heterocycles. The Morgan fingerprint density at radius 3 is 2.48 bits per heavy atom. The number of aromatic nitrogens is 3. The molecular weight excluding hydrogens is 340 g/mol. The average Bonchev–Trinajstić information content (AvgIpc) is 3.02. The van der Waals surface area contributed by atoms with Crippen LogP contribution in [-0.4, -0.2) is 27.8 Å². The first-order valence-corrected chi connectivity index (χ1v) is 8.05. The molecule has 1 heterocycles. The van der Waals surface area contributed by atoms with Crippen molar-refractivity contribution in [3.63, 3.8) is 0 Å². The number of nitrogens with one attached hydrogen (secondary N) is 1. The summed E-state index contributed by atoms with van der Waals surface area (Å²) in [5.41, 5.74) is 1.76. The zero-order chi connectivity index (χ0) is 17.8. The lowest BCUT2D eigenvalue weighted by Gasteiger charge is -2.04. The van der Waals surface area contributed by atoms with E-state index in [1.807, 2.05) is 36.4 Å². The van der Waals surface area contributed by atoms with Gasteiger partial charge in [-0.1, -0.05) is 23.7 Å². The molecule has 0 aliphatic heterocycles. The summed E-state index contributed by atoms with van der Waals surface area (Å²) in [6.07, 6.45) is 0. The molecule has 0 spiro atoms. The Morgan fingerprint density at radius 2 is 1.84 bits per heavy atom. The lowest BCUT2D eigenvalue weighted by Crippen LogP contribution is -2.24. The Hall–Kier alpha value is -2.86. The Balaban J connectivity index is 1.70. The molecular formula is C18H17ClN4O2. The Labute approximate surface area is 150 Å². The number of amides is 1. The van der Waals surface area contributed by atoms with E-state index in [1.54, 1.807) is 30.8 Å². The minimum atomic E-state index is -0.327. The third-order valence-electron chi connectivity index (χ3n) is 3.66. The minimum Gasteiger partial charge on any atom is -0.497 e. The molecule has 1 amide bonds. The first-order chi connectivity index (χ1) is 12.1. The van der Waals surface area contributed by atoms with Crippen molar-refractivity contribution in [2.75, 3.05) is 7.11 Å². The molecule has 0 aliphatic carbocycles. The standard InChI is InChI=1S/C18H17ClN4O2/c1-12-21-17(22-23(12)15-7-5-14(19)6-8-15)18(24)20-11-13-3-9-16(25-2)10-4-13/h3-10H,11H2,1-2H3,(H,20,24). The molecule has 0 radical (unpaired) electrons. The molecule has 0 aliphatic rings. The van der Waals surface area contributed by atoms with Crippen LogP contribution >= 0.6 is 11.6 Å². The number of ether oxygens (including phenoxy) is 1. The molecule has 1 N–H and O–H groups in total. The quantitative estimate of drug-likeness (QED) is 0.762. The van der Waals surface area contributed by atoms with Crippen molar-refractivity contribution in [2.45, 2.75) is 13.5 Å². The average molecular weight is 357 g/mol. The summed E-state index contributed by atoms with van der Waals surface area (Å²) >= 11 is 5.90. The number of methoxy groups -OCH3 is 1. The molecule has 2 aromatic carbocycles. The summed E-state index contributed by atoms with van der Waals surface area (Å²) in [7, 11) is 1.61. The second kappa shape index (κ2) is 7.36. The van der Waals surface area contributed by atoms with Gasteiger partial charge in [-0.2, -0.15) is 0 Å². The van der Waals surface area contributed by atoms with Gasteiger partial charge < -0.3 is 10.1 Å². The highest BCUT2D eigenvalue weighted by Gasteiger charge is 2.15. The first-order valence-electron chi connectivity index (χ1n) is 7.67. The van der Waals surface area contributed by atoms with Crippen molar-refractivity contribution in [3.05, 3.63) is 70.8 Å². The molecule has 3 rings (SSSR count). The van der Waals surface area contributed by atoms with E-state index < -0.39 is 0 Å². The molecule has 7 heteroatoms. The van der Waals surface area contributed by atoms with Crippen molar-refractivity contribution < 1.29 is 9.53 Å². The predicted molar refractivity (Wildman–Crippen MR) is 95.3 cm³/mol. The third-order valence-corrected chi connectivity index (χ3v) is 3.91. The van der Waals surface area contributed by atoms with Gasteiger partial charge in [-0.3, -0.25) is 4.79 Å². The van der Waals surface area contributed by atoms with Crippen LogP contribution in [0.4, 0.5) is 0 Å². The number of halogens is 1. The van der Waals surface area contributed by atoms with Crippen LogP contribution in [0.25, 0.3) is 5.69 Å². The lowest BCUT2D eigenvalue weighted by atomic mass is 10.2. The minimum absolute atomic E-state index is 0.126. The summed E-state index contributed by atoms with van der Waals surface area (Å²) in [5, 5.41) is 7.73. The van der Waals surface area contributed by atoms with Crippen molar-refractivity contribution in [2.24, 2.45) is 0 Å². The number of carbonyl (C=O) groups is 1. The summed E-state index contributed by atoms with van der Waals surface area (Å²) in [6.45, 7) is 2.18. The first kappa shape index (κ1) is 17.0. The number of hydrogen-bond acceptors (Lipinski definition) is 4. The van der Waals surface area contributed by atoms with Gasteiger partial charge in [0.2, 0.25) is 5.82 Å². The molecule has 0 bridgehead atoms. The van der Waals surface area contributed by atoms with E-state index in [2.05, 4.69) is 15.4 Å². The van der Waals surface area contributed by atoms with Crippen LogP contribution < -0.4 is 10.1 Å². The normalized spacial score (nSPS) is 10.5. The fourth-order valence-corrected chi connectivity index (χ4v) is 2.44. The van der Waals surface area contributed by atoms with Crippen molar-refractivity contribution in [1.82, 2.24) is 20.1 Å². The second-order valence-corrected chi connectivity index (χ2v) is 5.84. The van der Waals surface area contributed by atoms with Crippen LogP contribution in [0.1, 0.15) is 22.0 Å². The van der Waals surface area contributed by atoms with Gasteiger partial charge in [0.25, 0.3) is 5.91 Å². The van der Waals surface area contributed by atoms with Gasteiger partial charge in [0, 0.05) is 11.6 Å². The highest BCUT2D eigenvalue weighted by Crippen LogP contribution is 2.14. The van der Waals surface area contributed by atoms with Gasteiger partial charge in [0.15, 0.2) is 0 Å². The fourth-order valence-electron chi connectivity index (χ4n) is 2.32. The van der Waals surface area contributed by atoms with Crippen molar-refractivity contribution in [3.8, 4) is 11.4 Å². The SMILES string of the molecule is COc1ccc(CNC(=O)c2nc(C)n(-c3ccc(Cl)cc3)n2)cc1. The van der Waals surface area contributed by atoms with Crippen LogP contribution in [0.3, 0.4) is 0 Å². The topological polar surface area (TPSA) is 69.0 Å². The lowest BCUT2D eigenvalue weighted by molar-refractivity contribution is 0.0940. The maximum atomic E-state index is 12.3. The zero-order valence-electron chi connectivity index (χ0n) is 13.9. The molecule has 0 unspecified atom stereocenters. The van der Waals surface area contributed by atoms with Gasteiger partial charge in [-0.15, -0.1) is 5.10 Å². The monoisotopic (exact) mass is 356 g/mol. The molecule has 1 aromatic heterocycles. The Morgan fingerprint density at radius 1 is 1.16 bits per heavy atom. The fraction of sp³-hybridized carbons (Fsp3) is 0.167. The number of rotatable bonds is 5. The van der Waals surface area contributed by atoms with Crippen LogP contribution in [-0.2, 0) is 6.54 Å². The number of aryl methyl sites for hydroxylation is 1. The molecule has 0 fully saturated rings. The summed E-state index contributed by atoms with van der Waals surface area (Å²) in [6, 6.07) is 14.7. The van der Waals surface area contributed by atoms with E-state index in [0.29, 0.717) is 17.4 Å². The third kappa shape index (κ3) is 3.97. The molecule has 0 saturated carbocycles. The highest BCUT2D eigenvalue weighted by molar-refractivity contribution is 6.30. The maximum Gasteiger partial charge on any atom is 0.291 e. The van der Waals surface area contributed by atoms with Gasteiger partial charge in [0.1, 0.15) is 11.6 Å². The van der Waals surface area contributed by atoms with E-state index in [9.17, 15) is 4.79 Å². The van der Waals surface area contributed by atoms with Crippen LogP contribution in [0.2, 0.25) is 5.02 Å². The van der Waals surface area contributed by atoms with E-state index >= 15 is 0 Å². The van der Waals surface area contributed by atoms with Gasteiger partial charge in [-0.05, 0) is 48.9 Å². The van der Waals surface area contributed by atoms with Crippen molar-refractivity contribution >= 4 is 17.5 Å². The van der Waals surface area contributed by atoms with Crippen LogP contribution in [0.15, 0.2) is 48.5 Å². The Kier molecular flexibility index (Phi) is 5.00. The van der Waals surface area contributed by atoms with E-state index in [4.69, 9.17) is 16.3 Å². The number of benzene rings is 2. The maximum absolute atomic E-state index is 12.3. The van der Waals surface area contributed by atoms with E-state index in [-0.39, 0.29) is 11.7 Å². The molecule has 6 nitrogen and oxygen atoms in total. The van der Waals surface area contributed by atoms with Crippen LogP contribution in [0, 0.1) is 6.92 Å². The largest absolute Gasteiger partial charge is 0.497 e. The smallest absolute Gasteiger partial charge is 0.291 e. The van der Waals surface area contributed by atoms with E-state index in [0.717, 1.165) is 17.0 Å². The highest BCUT2D eigenvalue weighted by atomic mass is 35.5. The number of nitrogens with zero attached hydrogens (tertiary/aromatic N) is 3. The summed E-state index contributed by atoms with van der Waals surface area (Å²) < 4.78 is 6.72. The van der Waals surface area contributed by atoms with Gasteiger partial charge in [0.05, 0.1) is 12.8 Å². The van der Waals surface area contributed by atoms with Crippen LogP contribution in [0.5, 0.6) is 5.75 Å². The molecule has 3 aromatic rings. The summed E-state index contributed by atoms with van der Waals surface area (Å²) in [5.74, 6) is 1.19. The number of carbonyl (C=O) groups excluding carboxylic acids is 1. The van der Waals surface area contributed by atoms with E-state index in [1.165, 1.54) is 0 Å². The predicted octanol–water partition coefficient (Wildman–Crippen LogP) is 3.17. The Bertz CT molecular complexity index is 873. The molecule has 128 valence electrons. The van der Waals surface area contributed by atoms with Gasteiger partial charge >= 0.3 is 0 Å². The zero-order valence-corrected chi connectivity index (χ0v) is 14.6. The van der Waals surface area contributed by atoms with Gasteiger partial charge in [-0.25, -0.2) is 9.67 Å². The second-order valence-electron chi connectivity index (χ2n) is 5.40. The summed E-state index contributed by atoms with van der Waals surface area (Å²) in [4.78, 5) is 16.5.